The van der Waals surface area contributed by atoms with Crippen LogP contribution in [0.15, 0.2) is 24.3 Å². The summed E-state index contributed by atoms with van der Waals surface area (Å²) in [6, 6.07) is 5.40. The van der Waals surface area contributed by atoms with Crippen LogP contribution in [-0.4, -0.2) is 24.3 Å². The summed E-state index contributed by atoms with van der Waals surface area (Å²) in [5.74, 6) is 0.749. The molecule has 0 atom stereocenters. The third kappa shape index (κ3) is 5.01. The van der Waals surface area contributed by atoms with E-state index in [1.165, 1.54) is 11.6 Å². The maximum absolute atomic E-state index is 10.9. The van der Waals surface area contributed by atoms with Gasteiger partial charge in [0.1, 0.15) is 0 Å². The first kappa shape index (κ1) is 15.0. The van der Waals surface area contributed by atoms with Crippen LogP contribution in [0.1, 0.15) is 25.8 Å². The topological polar surface area (TPSA) is 67.8 Å². The molecule has 0 bridgehead atoms. The summed E-state index contributed by atoms with van der Waals surface area (Å²) in [7, 11) is 0. The number of ether oxygens (including phenoxy) is 2. The number of hydroxylamine groups is 1. The second-order valence-corrected chi connectivity index (χ2v) is 3.80. The lowest BCUT2D eigenvalue weighted by Gasteiger charge is -2.11. The average molecular weight is 265 g/mol. The van der Waals surface area contributed by atoms with Crippen molar-refractivity contribution in [2.75, 3.05) is 13.2 Å². The van der Waals surface area contributed by atoms with Gasteiger partial charge in [-0.05, 0) is 37.1 Å². The number of amides is 1. The monoisotopic (exact) mass is 265 g/mol. The Morgan fingerprint density at radius 1 is 1.32 bits per heavy atom. The van der Waals surface area contributed by atoms with Crippen molar-refractivity contribution in [2.24, 2.45) is 0 Å². The average Bonchev–Trinajstić information content (AvgIpc) is 2.44. The first-order valence-corrected chi connectivity index (χ1v) is 6.23. The number of hydrogen-bond donors (Lipinski definition) is 2. The molecule has 0 spiro atoms. The zero-order chi connectivity index (χ0) is 14.1. The Kier molecular flexibility index (Phi) is 6.46. The third-order valence-corrected chi connectivity index (χ3v) is 2.27. The van der Waals surface area contributed by atoms with Crippen LogP contribution in [0.4, 0.5) is 0 Å². The zero-order valence-electron chi connectivity index (χ0n) is 11.2. The highest BCUT2D eigenvalue weighted by Crippen LogP contribution is 2.29. The summed E-state index contributed by atoms with van der Waals surface area (Å²) in [5, 5.41) is 8.40. The van der Waals surface area contributed by atoms with E-state index in [4.69, 9.17) is 14.7 Å². The van der Waals surface area contributed by atoms with E-state index in [0.29, 0.717) is 24.7 Å². The molecule has 0 heterocycles. The number of nitrogens with one attached hydrogen (secondary N) is 1. The summed E-state index contributed by atoms with van der Waals surface area (Å²) in [6.07, 6.45) is 3.74. The Bertz CT molecular complexity index is 443. The van der Waals surface area contributed by atoms with Gasteiger partial charge in [0.2, 0.25) is 0 Å². The minimum atomic E-state index is -0.579. The molecule has 0 saturated carbocycles. The number of carbonyl (C=O) groups excluding carboxylic acids is 1. The maximum atomic E-state index is 10.9. The van der Waals surface area contributed by atoms with Crippen molar-refractivity contribution in [1.82, 2.24) is 5.48 Å². The van der Waals surface area contributed by atoms with Crippen LogP contribution in [0.25, 0.3) is 6.08 Å². The highest BCUT2D eigenvalue weighted by Gasteiger charge is 2.05. The molecule has 1 rings (SSSR count). The van der Waals surface area contributed by atoms with Gasteiger partial charge in [-0.1, -0.05) is 13.0 Å². The van der Waals surface area contributed by atoms with E-state index in [-0.39, 0.29) is 0 Å². The second-order valence-electron chi connectivity index (χ2n) is 3.80. The van der Waals surface area contributed by atoms with Gasteiger partial charge < -0.3 is 9.47 Å². The van der Waals surface area contributed by atoms with Crippen molar-refractivity contribution in [3.8, 4) is 11.5 Å². The van der Waals surface area contributed by atoms with E-state index >= 15 is 0 Å². The van der Waals surface area contributed by atoms with Gasteiger partial charge in [-0.3, -0.25) is 10.0 Å². The van der Waals surface area contributed by atoms with Crippen molar-refractivity contribution in [1.29, 1.82) is 0 Å². The largest absolute Gasteiger partial charge is 0.490 e. The number of benzene rings is 1. The Labute approximate surface area is 112 Å². The highest BCUT2D eigenvalue weighted by molar-refractivity contribution is 5.90. The lowest BCUT2D eigenvalue weighted by atomic mass is 10.2. The second kappa shape index (κ2) is 8.16. The smallest absolute Gasteiger partial charge is 0.267 e. The van der Waals surface area contributed by atoms with Crippen molar-refractivity contribution in [3.63, 3.8) is 0 Å². The van der Waals surface area contributed by atoms with Gasteiger partial charge in [0, 0.05) is 6.08 Å². The Morgan fingerprint density at radius 3 is 2.74 bits per heavy atom. The quantitative estimate of drug-likeness (QED) is 0.451. The summed E-state index contributed by atoms with van der Waals surface area (Å²) >= 11 is 0. The Balaban J connectivity index is 2.88. The summed E-state index contributed by atoms with van der Waals surface area (Å²) < 4.78 is 11.1. The van der Waals surface area contributed by atoms with Gasteiger partial charge >= 0.3 is 0 Å². The van der Waals surface area contributed by atoms with Crippen LogP contribution in [0.5, 0.6) is 11.5 Å². The molecule has 0 aliphatic heterocycles. The Morgan fingerprint density at radius 2 is 2.11 bits per heavy atom. The molecule has 0 radical (unpaired) electrons. The van der Waals surface area contributed by atoms with Crippen molar-refractivity contribution in [3.05, 3.63) is 29.8 Å². The van der Waals surface area contributed by atoms with Crippen molar-refractivity contribution >= 4 is 12.0 Å². The zero-order valence-corrected chi connectivity index (χ0v) is 11.2. The molecule has 1 amide bonds. The van der Waals surface area contributed by atoms with Crippen LogP contribution >= 0.6 is 0 Å². The number of rotatable bonds is 7. The van der Waals surface area contributed by atoms with Crippen molar-refractivity contribution < 1.29 is 19.5 Å². The summed E-state index contributed by atoms with van der Waals surface area (Å²) in [6.45, 7) is 5.09. The van der Waals surface area contributed by atoms with E-state index < -0.39 is 5.91 Å². The highest BCUT2D eigenvalue weighted by atomic mass is 16.5. The lowest BCUT2D eigenvalue weighted by Crippen LogP contribution is -2.14. The molecule has 104 valence electrons. The molecular formula is C14H19NO4. The molecule has 0 fully saturated rings. The van der Waals surface area contributed by atoms with Crippen LogP contribution in [0.2, 0.25) is 0 Å². The van der Waals surface area contributed by atoms with Gasteiger partial charge in [-0.15, -0.1) is 0 Å². The molecule has 1 aromatic rings. The molecule has 0 unspecified atom stereocenters. The molecule has 19 heavy (non-hydrogen) atoms. The normalized spacial score (nSPS) is 10.5. The van der Waals surface area contributed by atoms with Crippen LogP contribution in [-0.2, 0) is 4.79 Å². The molecule has 2 N–H and O–H groups in total. The molecular weight excluding hydrogens is 246 g/mol. The first-order valence-electron chi connectivity index (χ1n) is 6.23. The fourth-order valence-corrected chi connectivity index (χ4v) is 1.44. The minimum Gasteiger partial charge on any atom is -0.490 e. The molecule has 1 aromatic carbocycles. The molecule has 0 aliphatic rings. The van der Waals surface area contributed by atoms with Crippen molar-refractivity contribution in [2.45, 2.75) is 20.3 Å². The SMILES string of the molecule is CCCOc1ccc(C=CC(=O)NO)cc1OCC. The van der Waals surface area contributed by atoms with E-state index in [1.54, 1.807) is 18.2 Å². The van der Waals surface area contributed by atoms with E-state index in [2.05, 4.69) is 0 Å². The molecule has 0 saturated heterocycles. The van der Waals surface area contributed by atoms with Gasteiger partial charge in [0.15, 0.2) is 11.5 Å². The van der Waals surface area contributed by atoms with E-state index in [1.807, 2.05) is 19.9 Å². The first-order chi connectivity index (χ1) is 9.21. The number of carbonyl (C=O) groups is 1. The molecule has 5 nitrogen and oxygen atoms in total. The van der Waals surface area contributed by atoms with E-state index in [9.17, 15) is 4.79 Å². The Hall–Kier alpha value is -2.01. The fourth-order valence-electron chi connectivity index (χ4n) is 1.44. The van der Waals surface area contributed by atoms with Gasteiger partial charge in [-0.2, -0.15) is 0 Å². The van der Waals surface area contributed by atoms with Crippen LogP contribution < -0.4 is 15.0 Å². The van der Waals surface area contributed by atoms with Crippen LogP contribution in [0, 0.1) is 0 Å². The minimum absolute atomic E-state index is 0.535. The third-order valence-electron chi connectivity index (χ3n) is 2.27. The summed E-state index contributed by atoms with van der Waals surface area (Å²) in [4.78, 5) is 10.9. The number of hydrogen-bond acceptors (Lipinski definition) is 4. The van der Waals surface area contributed by atoms with Gasteiger partial charge in [0.25, 0.3) is 5.91 Å². The predicted octanol–water partition coefficient (Wildman–Crippen LogP) is 2.39. The van der Waals surface area contributed by atoms with Gasteiger partial charge in [0.05, 0.1) is 13.2 Å². The molecule has 0 aromatic heterocycles. The predicted molar refractivity (Wildman–Crippen MR) is 72.4 cm³/mol. The maximum Gasteiger partial charge on any atom is 0.267 e. The standard InChI is InChI=1S/C14H19NO4/c1-3-9-19-12-7-5-11(6-8-14(16)15-17)10-13(12)18-4-2/h5-8,10,17H,3-4,9H2,1-2H3,(H,15,16). The van der Waals surface area contributed by atoms with Gasteiger partial charge in [-0.25, -0.2) is 5.48 Å². The lowest BCUT2D eigenvalue weighted by molar-refractivity contribution is -0.124. The molecule has 5 heteroatoms. The molecule has 0 aliphatic carbocycles. The van der Waals surface area contributed by atoms with E-state index in [0.717, 1.165) is 12.0 Å². The summed E-state index contributed by atoms with van der Waals surface area (Å²) in [5.41, 5.74) is 2.32. The fraction of sp³-hybridized carbons (Fsp3) is 0.357. The van der Waals surface area contributed by atoms with Crippen LogP contribution in [0.3, 0.4) is 0 Å².